The van der Waals surface area contributed by atoms with Crippen molar-refractivity contribution >= 4 is 12.0 Å². The molecule has 2 amide bonds. The zero-order valence-corrected chi connectivity index (χ0v) is 11.6. The van der Waals surface area contributed by atoms with Crippen molar-refractivity contribution in [1.82, 2.24) is 10.2 Å². The number of nitrogens with zero attached hydrogens (tertiary/aromatic N) is 1. The number of hydrogen-bond acceptors (Lipinski definition) is 2. The molecule has 0 aliphatic heterocycles. The number of hydrogen-bond donors (Lipinski definition) is 2. The summed E-state index contributed by atoms with van der Waals surface area (Å²) in [6.45, 7) is 1.22. The summed E-state index contributed by atoms with van der Waals surface area (Å²) in [4.78, 5) is 24.2. The van der Waals surface area contributed by atoms with Gasteiger partial charge in [0.05, 0.1) is 5.56 Å². The second kappa shape index (κ2) is 6.41. The second-order valence-corrected chi connectivity index (χ2v) is 5.34. The minimum Gasteiger partial charge on any atom is -0.478 e. The molecule has 0 heterocycles. The van der Waals surface area contributed by atoms with E-state index in [4.69, 9.17) is 5.11 Å². The quantitative estimate of drug-likeness (QED) is 0.867. The van der Waals surface area contributed by atoms with Gasteiger partial charge in [0.1, 0.15) is 0 Å². The standard InChI is InChI=1S/C15H20N2O3/c1-17(15(20)16-9-11-3-2-4-11)10-12-5-7-13(8-6-12)14(18)19/h5-8,11H,2-4,9-10H2,1H3,(H,16,20)(H,18,19). The summed E-state index contributed by atoms with van der Waals surface area (Å²) < 4.78 is 0. The first-order chi connectivity index (χ1) is 9.56. The average Bonchev–Trinajstić information content (AvgIpc) is 2.37. The summed E-state index contributed by atoms with van der Waals surface area (Å²) in [5.41, 5.74) is 1.17. The molecule has 0 aromatic heterocycles. The molecule has 0 atom stereocenters. The van der Waals surface area contributed by atoms with Gasteiger partial charge in [0.25, 0.3) is 0 Å². The second-order valence-electron chi connectivity index (χ2n) is 5.34. The minimum absolute atomic E-state index is 0.0841. The van der Waals surface area contributed by atoms with Crippen molar-refractivity contribution in [2.45, 2.75) is 25.8 Å². The molecule has 2 N–H and O–H groups in total. The van der Waals surface area contributed by atoms with Crippen LogP contribution in [0.3, 0.4) is 0 Å². The van der Waals surface area contributed by atoms with E-state index in [0.29, 0.717) is 12.5 Å². The number of benzene rings is 1. The number of rotatable bonds is 5. The van der Waals surface area contributed by atoms with E-state index in [1.165, 1.54) is 19.3 Å². The van der Waals surface area contributed by atoms with Gasteiger partial charge in [0.15, 0.2) is 0 Å². The van der Waals surface area contributed by atoms with E-state index in [0.717, 1.165) is 12.1 Å². The first-order valence-corrected chi connectivity index (χ1v) is 6.87. The first-order valence-electron chi connectivity index (χ1n) is 6.87. The Bertz CT molecular complexity index is 480. The molecule has 0 spiro atoms. The summed E-state index contributed by atoms with van der Waals surface area (Å²) in [6, 6.07) is 6.49. The summed E-state index contributed by atoms with van der Waals surface area (Å²) >= 11 is 0. The highest BCUT2D eigenvalue weighted by Crippen LogP contribution is 2.25. The Balaban J connectivity index is 1.81. The molecule has 0 unspecified atom stereocenters. The molecule has 1 saturated carbocycles. The summed E-state index contributed by atoms with van der Waals surface area (Å²) in [7, 11) is 1.74. The largest absolute Gasteiger partial charge is 0.478 e. The Morgan fingerprint density at radius 3 is 2.45 bits per heavy atom. The Labute approximate surface area is 118 Å². The van der Waals surface area contributed by atoms with E-state index in [9.17, 15) is 9.59 Å². The molecule has 0 radical (unpaired) electrons. The Morgan fingerprint density at radius 1 is 1.30 bits per heavy atom. The molecule has 20 heavy (non-hydrogen) atoms. The number of carboxylic acid groups (broad SMARTS) is 1. The predicted molar refractivity (Wildman–Crippen MR) is 75.6 cm³/mol. The highest BCUT2D eigenvalue weighted by atomic mass is 16.4. The Hall–Kier alpha value is -2.04. The monoisotopic (exact) mass is 276 g/mol. The maximum atomic E-state index is 11.9. The average molecular weight is 276 g/mol. The van der Waals surface area contributed by atoms with Crippen molar-refractivity contribution < 1.29 is 14.7 Å². The van der Waals surface area contributed by atoms with Crippen LogP contribution < -0.4 is 5.32 Å². The summed E-state index contributed by atoms with van der Waals surface area (Å²) in [5, 5.41) is 11.7. The lowest BCUT2D eigenvalue weighted by atomic mass is 9.85. The molecule has 1 aromatic rings. The zero-order chi connectivity index (χ0) is 14.5. The number of carbonyl (C=O) groups excluding carboxylic acids is 1. The van der Waals surface area contributed by atoms with Crippen molar-refractivity contribution in [3.05, 3.63) is 35.4 Å². The molecule has 2 rings (SSSR count). The Morgan fingerprint density at radius 2 is 1.95 bits per heavy atom. The van der Waals surface area contributed by atoms with Gasteiger partial charge in [-0.05, 0) is 36.5 Å². The normalized spacial score (nSPS) is 14.4. The third-order valence-electron chi connectivity index (χ3n) is 3.73. The van der Waals surface area contributed by atoms with Crippen molar-refractivity contribution in [3.63, 3.8) is 0 Å². The van der Waals surface area contributed by atoms with Crippen LogP contribution in [-0.2, 0) is 6.54 Å². The maximum absolute atomic E-state index is 11.9. The molecule has 1 fully saturated rings. The van der Waals surface area contributed by atoms with Crippen LogP contribution in [0.1, 0.15) is 35.2 Å². The van der Waals surface area contributed by atoms with Crippen LogP contribution in [0.25, 0.3) is 0 Å². The molecule has 5 heteroatoms. The molecule has 108 valence electrons. The minimum atomic E-state index is -0.942. The number of urea groups is 1. The highest BCUT2D eigenvalue weighted by molar-refractivity contribution is 5.87. The van der Waals surface area contributed by atoms with E-state index >= 15 is 0 Å². The van der Waals surface area contributed by atoms with Gasteiger partial charge >= 0.3 is 12.0 Å². The third-order valence-corrected chi connectivity index (χ3v) is 3.73. The molecular weight excluding hydrogens is 256 g/mol. The number of amides is 2. The van der Waals surface area contributed by atoms with Crippen LogP contribution in [0.2, 0.25) is 0 Å². The van der Waals surface area contributed by atoms with Gasteiger partial charge in [-0.3, -0.25) is 0 Å². The molecule has 1 aliphatic rings. The molecule has 0 bridgehead atoms. The maximum Gasteiger partial charge on any atom is 0.335 e. The van der Waals surface area contributed by atoms with E-state index in [-0.39, 0.29) is 11.6 Å². The van der Waals surface area contributed by atoms with Gasteiger partial charge in [-0.2, -0.15) is 0 Å². The first kappa shape index (κ1) is 14.4. The number of carbonyl (C=O) groups is 2. The fourth-order valence-corrected chi connectivity index (χ4v) is 2.16. The summed E-state index contributed by atoms with van der Waals surface area (Å²) in [6.07, 6.45) is 3.69. The fourth-order valence-electron chi connectivity index (χ4n) is 2.16. The topological polar surface area (TPSA) is 69.6 Å². The molecular formula is C15H20N2O3. The SMILES string of the molecule is CN(Cc1ccc(C(=O)O)cc1)C(=O)NCC1CCC1. The van der Waals surface area contributed by atoms with Gasteiger partial charge in [0.2, 0.25) is 0 Å². The van der Waals surface area contributed by atoms with Crippen LogP contribution in [0.5, 0.6) is 0 Å². The van der Waals surface area contributed by atoms with Crippen LogP contribution >= 0.6 is 0 Å². The predicted octanol–water partition coefficient (Wildman–Crippen LogP) is 2.33. The van der Waals surface area contributed by atoms with Gasteiger partial charge in [-0.15, -0.1) is 0 Å². The van der Waals surface area contributed by atoms with Crippen molar-refractivity contribution in [3.8, 4) is 0 Å². The van der Waals surface area contributed by atoms with E-state index in [2.05, 4.69) is 5.32 Å². The van der Waals surface area contributed by atoms with Crippen LogP contribution in [0.15, 0.2) is 24.3 Å². The van der Waals surface area contributed by atoms with Crippen molar-refractivity contribution in [1.29, 1.82) is 0 Å². The zero-order valence-electron chi connectivity index (χ0n) is 11.6. The van der Waals surface area contributed by atoms with E-state index < -0.39 is 5.97 Å². The van der Waals surface area contributed by atoms with E-state index in [1.807, 2.05) is 0 Å². The van der Waals surface area contributed by atoms with Gasteiger partial charge in [0, 0.05) is 20.1 Å². The number of carboxylic acids is 1. The lowest BCUT2D eigenvalue weighted by Crippen LogP contribution is -2.40. The molecule has 5 nitrogen and oxygen atoms in total. The fraction of sp³-hybridized carbons (Fsp3) is 0.467. The van der Waals surface area contributed by atoms with Crippen LogP contribution in [0.4, 0.5) is 4.79 Å². The van der Waals surface area contributed by atoms with Gasteiger partial charge < -0.3 is 15.3 Å². The summed E-state index contributed by atoms with van der Waals surface area (Å²) in [5.74, 6) is -0.301. The molecule has 1 aromatic carbocycles. The highest BCUT2D eigenvalue weighted by Gasteiger charge is 2.18. The van der Waals surface area contributed by atoms with Crippen molar-refractivity contribution in [2.24, 2.45) is 5.92 Å². The molecule has 0 saturated heterocycles. The third kappa shape index (κ3) is 3.73. The lowest BCUT2D eigenvalue weighted by Gasteiger charge is -2.27. The number of nitrogens with one attached hydrogen (secondary N) is 1. The van der Waals surface area contributed by atoms with Crippen molar-refractivity contribution in [2.75, 3.05) is 13.6 Å². The smallest absolute Gasteiger partial charge is 0.335 e. The van der Waals surface area contributed by atoms with Crippen LogP contribution in [0, 0.1) is 5.92 Å². The Kier molecular flexibility index (Phi) is 4.61. The van der Waals surface area contributed by atoms with Gasteiger partial charge in [-0.1, -0.05) is 18.6 Å². The van der Waals surface area contributed by atoms with Crippen LogP contribution in [-0.4, -0.2) is 35.6 Å². The molecule has 1 aliphatic carbocycles. The van der Waals surface area contributed by atoms with E-state index in [1.54, 1.807) is 36.2 Å². The number of aromatic carboxylic acids is 1. The van der Waals surface area contributed by atoms with Gasteiger partial charge in [-0.25, -0.2) is 9.59 Å². The lowest BCUT2D eigenvalue weighted by molar-refractivity contribution is 0.0697.